The number of benzene rings is 1. The summed E-state index contributed by atoms with van der Waals surface area (Å²) in [6, 6.07) is 5.17. The Morgan fingerprint density at radius 1 is 1.18 bits per heavy atom. The zero-order chi connectivity index (χ0) is 12.3. The summed E-state index contributed by atoms with van der Waals surface area (Å²) in [6.45, 7) is 0. The van der Waals surface area contributed by atoms with E-state index in [4.69, 9.17) is 5.73 Å². The van der Waals surface area contributed by atoms with E-state index in [1.807, 2.05) is 0 Å². The Hall–Kier alpha value is -2.50. The number of carbonyl (C=O) groups is 1. The number of rotatable bonds is 2. The van der Waals surface area contributed by atoms with Crippen molar-refractivity contribution in [3.63, 3.8) is 0 Å². The SMILES string of the molecule is Nc1cnc(NC(=O)c2ccc(F)cc2)nc1. The molecule has 5 nitrogen and oxygen atoms in total. The molecule has 2 aromatic rings. The topological polar surface area (TPSA) is 80.9 Å². The van der Waals surface area contributed by atoms with Crippen molar-refractivity contribution in [3.8, 4) is 0 Å². The molecule has 0 aliphatic heterocycles. The number of nitrogens with two attached hydrogens (primary N) is 1. The Kier molecular flexibility index (Phi) is 2.95. The Labute approximate surface area is 96.5 Å². The van der Waals surface area contributed by atoms with Gasteiger partial charge < -0.3 is 5.73 Å². The molecule has 2 rings (SSSR count). The van der Waals surface area contributed by atoms with Crippen molar-refractivity contribution < 1.29 is 9.18 Å². The fourth-order valence-electron chi connectivity index (χ4n) is 1.18. The average molecular weight is 232 g/mol. The van der Waals surface area contributed by atoms with Crippen molar-refractivity contribution in [1.82, 2.24) is 9.97 Å². The first-order valence-corrected chi connectivity index (χ1v) is 4.79. The van der Waals surface area contributed by atoms with E-state index in [2.05, 4.69) is 15.3 Å². The Morgan fingerprint density at radius 3 is 2.35 bits per heavy atom. The number of halogens is 1. The van der Waals surface area contributed by atoms with Crippen LogP contribution in [0.2, 0.25) is 0 Å². The van der Waals surface area contributed by atoms with E-state index < -0.39 is 11.7 Å². The fourth-order valence-corrected chi connectivity index (χ4v) is 1.18. The number of hydrogen-bond acceptors (Lipinski definition) is 4. The smallest absolute Gasteiger partial charge is 0.258 e. The molecule has 0 atom stereocenters. The van der Waals surface area contributed by atoms with Gasteiger partial charge in [0.15, 0.2) is 0 Å². The van der Waals surface area contributed by atoms with Gasteiger partial charge in [-0.3, -0.25) is 10.1 Å². The van der Waals surface area contributed by atoms with Crippen molar-refractivity contribution in [2.24, 2.45) is 0 Å². The van der Waals surface area contributed by atoms with Crippen molar-refractivity contribution in [3.05, 3.63) is 48.0 Å². The third kappa shape index (κ3) is 2.75. The summed E-state index contributed by atoms with van der Waals surface area (Å²) in [5, 5.41) is 2.47. The molecular weight excluding hydrogens is 223 g/mol. The van der Waals surface area contributed by atoms with Gasteiger partial charge in [-0.2, -0.15) is 0 Å². The van der Waals surface area contributed by atoms with Crippen LogP contribution in [-0.2, 0) is 0 Å². The third-order valence-corrected chi connectivity index (χ3v) is 2.00. The van der Waals surface area contributed by atoms with Crippen LogP contribution in [0, 0.1) is 5.82 Å². The van der Waals surface area contributed by atoms with Gasteiger partial charge in [-0.05, 0) is 24.3 Å². The predicted molar refractivity (Wildman–Crippen MR) is 60.8 cm³/mol. The molecule has 17 heavy (non-hydrogen) atoms. The Balaban J connectivity index is 2.11. The first-order valence-electron chi connectivity index (χ1n) is 4.79. The standard InChI is InChI=1S/C11H9FN4O/c12-8-3-1-7(2-4-8)10(17)16-11-14-5-9(13)6-15-11/h1-6H,13H2,(H,14,15,16,17). The van der Waals surface area contributed by atoms with Gasteiger partial charge in [0.05, 0.1) is 18.1 Å². The fraction of sp³-hybridized carbons (Fsp3) is 0. The summed E-state index contributed by atoms with van der Waals surface area (Å²) in [5.74, 6) is -0.659. The maximum Gasteiger partial charge on any atom is 0.258 e. The molecular formula is C11H9FN4O. The molecule has 0 unspecified atom stereocenters. The van der Waals surface area contributed by atoms with E-state index in [9.17, 15) is 9.18 Å². The number of aromatic nitrogens is 2. The summed E-state index contributed by atoms with van der Waals surface area (Å²) in [4.78, 5) is 19.3. The minimum Gasteiger partial charge on any atom is -0.396 e. The zero-order valence-electron chi connectivity index (χ0n) is 8.72. The monoisotopic (exact) mass is 232 g/mol. The minimum atomic E-state index is -0.408. The molecule has 0 radical (unpaired) electrons. The van der Waals surface area contributed by atoms with Crippen LogP contribution in [0.1, 0.15) is 10.4 Å². The highest BCUT2D eigenvalue weighted by atomic mass is 19.1. The molecule has 6 heteroatoms. The lowest BCUT2D eigenvalue weighted by molar-refractivity contribution is 0.102. The van der Waals surface area contributed by atoms with Gasteiger partial charge in [0.25, 0.3) is 5.91 Å². The number of nitrogens with one attached hydrogen (secondary N) is 1. The summed E-state index contributed by atoms with van der Waals surface area (Å²) in [7, 11) is 0. The highest BCUT2D eigenvalue weighted by molar-refractivity contribution is 6.03. The van der Waals surface area contributed by atoms with Crippen molar-refractivity contribution >= 4 is 17.5 Å². The minimum absolute atomic E-state index is 0.147. The zero-order valence-corrected chi connectivity index (χ0v) is 8.72. The van der Waals surface area contributed by atoms with Crippen LogP contribution in [-0.4, -0.2) is 15.9 Å². The van der Waals surface area contributed by atoms with Crippen LogP contribution in [0.3, 0.4) is 0 Å². The molecule has 0 saturated heterocycles. The van der Waals surface area contributed by atoms with Crippen molar-refractivity contribution in [2.45, 2.75) is 0 Å². The maximum atomic E-state index is 12.7. The lowest BCUT2D eigenvalue weighted by Crippen LogP contribution is -2.14. The first-order chi connectivity index (χ1) is 8.15. The summed E-state index contributed by atoms with van der Waals surface area (Å²) < 4.78 is 12.7. The summed E-state index contributed by atoms with van der Waals surface area (Å²) in [5.41, 5.74) is 6.14. The van der Waals surface area contributed by atoms with Crippen molar-refractivity contribution in [1.29, 1.82) is 0 Å². The van der Waals surface area contributed by atoms with Crippen LogP contribution < -0.4 is 11.1 Å². The molecule has 1 aromatic heterocycles. The van der Waals surface area contributed by atoms with Crippen molar-refractivity contribution in [2.75, 3.05) is 11.1 Å². The van der Waals surface area contributed by atoms with E-state index in [0.717, 1.165) is 0 Å². The molecule has 0 bridgehead atoms. The number of anilines is 2. The van der Waals surface area contributed by atoms with Gasteiger partial charge in [-0.1, -0.05) is 0 Å². The van der Waals surface area contributed by atoms with E-state index in [0.29, 0.717) is 11.3 Å². The molecule has 86 valence electrons. The highest BCUT2D eigenvalue weighted by Crippen LogP contribution is 2.06. The van der Waals surface area contributed by atoms with E-state index in [-0.39, 0.29) is 5.95 Å². The lowest BCUT2D eigenvalue weighted by Gasteiger charge is -2.03. The van der Waals surface area contributed by atoms with Gasteiger partial charge in [0.1, 0.15) is 5.82 Å². The Bertz CT molecular complexity index is 524. The quantitative estimate of drug-likeness (QED) is 0.821. The average Bonchev–Trinajstić information content (AvgIpc) is 2.33. The molecule has 3 N–H and O–H groups in total. The van der Waals surface area contributed by atoms with Crippen LogP contribution >= 0.6 is 0 Å². The van der Waals surface area contributed by atoms with Crippen LogP contribution in [0.25, 0.3) is 0 Å². The van der Waals surface area contributed by atoms with E-state index in [1.54, 1.807) is 0 Å². The predicted octanol–water partition coefficient (Wildman–Crippen LogP) is 1.45. The Morgan fingerprint density at radius 2 is 1.76 bits per heavy atom. The molecule has 0 saturated carbocycles. The highest BCUT2D eigenvalue weighted by Gasteiger charge is 2.07. The number of carbonyl (C=O) groups excluding carboxylic acids is 1. The van der Waals surface area contributed by atoms with Crippen LogP contribution in [0.5, 0.6) is 0 Å². The molecule has 1 amide bonds. The van der Waals surface area contributed by atoms with Gasteiger partial charge in [-0.15, -0.1) is 0 Å². The van der Waals surface area contributed by atoms with Crippen LogP contribution in [0.4, 0.5) is 16.0 Å². The second kappa shape index (κ2) is 4.56. The maximum absolute atomic E-state index is 12.7. The number of hydrogen-bond donors (Lipinski definition) is 2. The van der Waals surface area contributed by atoms with Gasteiger partial charge >= 0.3 is 0 Å². The second-order valence-corrected chi connectivity index (χ2v) is 3.30. The van der Waals surface area contributed by atoms with E-state index in [1.165, 1.54) is 36.7 Å². The largest absolute Gasteiger partial charge is 0.396 e. The second-order valence-electron chi connectivity index (χ2n) is 3.30. The molecule has 0 fully saturated rings. The normalized spacial score (nSPS) is 9.94. The lowest BCUT2D eigenvalue weighted by atomic mass is 10.2. The van der Waals surface area contributed by atoms with Gasteiger partial charge in [-0.25, -0.2) is 14.4 Å². The summed E-state index contributed by atoms with van der Waals surface area (Å²) in [6.07, 6.45) is 2.76. The third-order valence-electron chi connectivity index (χ3n) is 2.00. The van der Waals surface area contributed by atoms with E-state index >= 15 is 0 Å². The van der Waals surface area contributed by atoms with Crippen LogP contribution in [0.15, 0.2) is 36.7 Å². The molecule has 0 aliphatic carbocycles. The molecule has 1 heterocycles. The number of nitrogen functional groups attached to an aromatic ring is 1. The van der Waals surface area contributed by atoms with Gasteiger partial charge in [0.2, 0.25) is 5.95 Å². The first kappa shape index (κ1) is 11.0. The molecule has 1 aromatic carbocycles. The summed E-state index contributed by atoms with van der Waals surface area (Å²) >= 11 is 0. The van der Waals surface area contributed by atoms with Gasteiger partial charge in [0, 0.05) is 5.56 Å². The molecule has 0 spiro atoms. The number of nitrogens with zero attached hydrogens (tertiary/aromatic N) is 2. The molecule has 0 aliphatic rings. The number of amides is 1.